The molecular formula is C11H23NO2S. The largest absolute Gasteiger partial charge is 0.379 e. The van der Waals surface area contributed by atoms with E-state index in [-0.39, 0.29) is 5.60 Å². The zero-order valence-electron chi connectivity index (χ0n) is 10.2. The normalized spacial score (nSPS) is 18.1. The second kappa shape index (κ2) is 7.12. The molecule has 1 rings (SSSR count). The fraction of sp³-hybridized carbons (Fsp3) is 0.909. The van der Waals surface area contributed by atoms with Crippen LogP contribution in [0.15, 0.2) is 0 Å². The van der Waals surface area contributed by atoms with Crippen molar-refractivity contribution in [2.45, 2.75) is 44.5 Å². The highest BCUT2D eigenvalue weighted by molar-refractivity contribution is 7.80. The number of likely N-dealkylation sites (tertiary alicyclic amines) is 1. The molecule has 90 valence electrons. The van der Waals surface area contributed by atoms with Crippen molar-refractivity contribution in [3.63, 3.8) is 0 Å². The fourth-order valence-electron chi connectivity index (χ4n) is 0.991. The smallest absolute Gasteiger partial charge is 0.209 e. The van der Waals surface area contributed by atoms with E-state index in [9.17, 15) is 4.79 Å². The Hall–Kier alpha value is -0.220. The zero-order valence-corrected chi connectivity index (χ0v) is 11.1. The van der Waals surface area contributed by atoms with E-state index in [2.05, 4.69) is 12.6 Å². The summed E-state index contributed by atoms with van der Waals surface area (Å²) >= 11 is 4.30. The fourth-order valence-corrected chi connectivity index (χ4v) is 1.22. The summed E-state index contributed by atoms with van der Waals surface area (Å²) in [5.41, 5.74) is 0.0417. The van der Waals surface area contributed by atoms with E-state index in [0.717, 1.165) is 32.3 Å². The van der Waals surface area contributed by atoms with Gasteiger partial charge in [0.2, 0.25) is 6.41 Å². The molecule has 0 saturated carbocycles. The number of piperidine rings is 1. The summed E-state index contributed by atoms with van der Waals surface area (Å²) in [7, 11) is 1.71. The number of carbonyl (C=O) groups excluding carboxylic acids is 1. The summed E-state index contributed by atoms with van der Waals surface area (Å²) < 4.78 is 4.94. The van der Waals surface area contributed by atoms with Gasteiger partial charge in [-0.25, -0.2) is 0 Å². The summed E-state index contributed by atoms with van der Waals surface area (Å²) in [6.07, 6.45) is 3.00. The molecule has 0 aromatic rings. The van der Waals surface area contributed by atoms with Gasteiger partial charge in [0.05, 0.1) is 5.60 Å². The number of methoxy groups -OCH3 is 1. The topological polar surface area (TPSA) is 29.5 Å². The van der Waals surface area contributed by atoms with Crippen LogP contribution >= 0.6 is 12.6 Å². The number of thiol groups is 1. The second-order valence-corrected chi connectivity index (χ2v) is 5.42. The molecule has 15 heavy (non-hydrogen) atoms. The molecule has 0 bridgehead atoms. The lowest BCUT2D eigenvalue weighted by molar-refractivity contribution is -0.118. The van der Waals surface area contributed by atoms with Gasteiger partial charge >= 0.3 is 0 Å². The first-order valence-electron chi connectivity index (χ1n) is 5.31. The number of ether oxygens (including phenoxy) is 1. The maximum absolute atomic E-state index is 10.2. The minimum atomic E-state index is 0.0417. The lowest BCUT2D eigenvalue weighted by atomic mass is 10.1. The number of rotatable bonds is 1. The molecule has 1 aliphatic heterocycles. The van der Waals surface area contributed by atoms with E-state index in [1.807, 2.05) is 20.8 Å². The number of carbonyl (C=O) groups is 1. The van der Waals surface area contributed by atoms with Gasteiger partial charge in [-0.3, -0.25) is 4.79 Å². The predicted molar refractivity (Wildman–Crippen MR) is 66.4 cm³/mol. The molecule has 0 aromatic carbocycles. The maximum atomic E-state index is 10.2. The van der Waals surface area contributed by atoms with Crippen molar-refractivity contribution in [2.24, 2.45) is 0 Å². The van der Waals surface area contributed by atoms with Gasteiger partial charge in [0.25, 0.3) is 0 Å². The van der Waals surface area contributed by atoms with Gasteiger partial charge in [0.1, 0.15) is 0 Å². The van der Waals surface area contributed by atoms with Crippen LogP contribution < -0.4 is 0 Å². The average Bonchev–Trinajstić information content (AvgIpc) is 2.19. The highest BCUT2D eigenvalue weighted by Gasteiger charge is 2.13. The molecular weight excluding hydrogens is 210 g/mol. The molecule has 1 fully saturated rings. The summed E-state index contributed by atoms with van der Waals surface area (Å²) in [5, 5.41) is 0.515. The molecule has 0 unspecified atom stereocenters. The number of nitrogens with zero attached hydrogens (tertiary/aromatic N) is 1. The molecule has 0 aliphatic carbocycles. The van der Waals surface area contributed by atoms with Crippen LogP contribution in [0.25, 0.3) is 0 Å². The Balaban J connectivity index is 0.000000288. The van der Waals surface area contributed by atoms with Crippen molar-refractivity contribution in [3.8, 4) is 0 Å². The molecule has 4 heteroatoms. The van der Waals surface area contributed by atoms with E-state index >= 15 is 0 Å². The van der Waals surface area contributed by atoms with Gasteiger partial charge < -0.3 is 9.64 Å². The van der Waals surface area contributed by atoms with Gasteiger partial charge in [-0.15, -0.1) is 0 Å². The number of hydrogen-bond acceptors (Lipinski definition) is 3. The molecule has 3 nitrogen and oxygen atoms in total. The first-order valence-corrected chi connectivity index (χ1v) is 5.83. The SMILES string of the molecule is COC(C)(C)C.O=CN1CCC(S)CC1. The van der Waals surface area contributed by atoms with Crippen LogP contribution in [0.2, 0.25) is 0 Å². The van der Waals surface area contributed by atoms with Crippen LogP contribution in [0.1, 0.15) is 33.6 Å². The van der Waals surface area contributed by atoms with Gasteiger partial charge in [-0.2, -0.15) is 12.6 Å². The molecule has 1 aliphatic rings. The molecule has 1 amide bonds. The van der Waals surface area contributed by atoms with Gasteiger partial charge in [-0.1, -0.05) is 0 Å². The monoisotopic (exact) mass is 233 g/mol. The molecule has 0 atom stereocenters. The second-order valence-electron chi connectivity index (χ2n) is 4.69. The Labute approximate surface area is 98.6 Å². The number of amides is 1. The minimum Gasteiger partial charge on any atom is -0.379 e. The first kappa shape index (κ1) is 14.8. The number of hydrogen-bond donors (Lipinski definition) is 1. The van der Waals surface area contributed by atoms with Gasteiger partial charge in [0.15, 0.2) is 0 Å². The van der Waals surface area contributed by atoms with Gasteiger partial charge in [0, 0.05) is 25.4 Å². The summed E-state index contributed by atoms with van der Waals surface area (Å²) in [4.78, 5) is 12.0. The predicted octanol–water partition coefficient (Wildman–Crippen LogP) is 1.97. The van der Waals surface area contributed by atoms with E-state index in [4.69, 9.17) is 4.74 Å². The molecule has 0 spiro atoms. The van der Waals surface area contributed by atoms with E-state index < -0.39 is 0 Å². The van der Waals surface area contributed by atoms with Crippen molar-refractivity contribution in [3.05, 3.63) is 0 Å². The van der Waals surface area contributed by atoms with Gasteiger partial charge in [-0.05, 0) is 33.6 Å². The Bertz CT molecular complexity index is 172. The Morgan fingerprint density at radius 2 is 1.73 bits per heavy atom. The third kappa shape index (κ3) is 8.75. The van der Waals surface area contributed by atoms with Crippen molar-refractivity contribution >= 4 is 19.0 Å². The standard InChI is InChI=1S/C6H11NOS.C5H12O/c8-5-7-3-1-6(9)2-4-7;1-5(2,3)6-4/h5-6,9H,1-4H2;1-4H3. The highest BCUT2D eigenvalue weighted by Crippen LogP contribution is 2.13. The third-order valence-corrected chi connectivity index (χ3v) is 2.78. The van der Waals surface area contributed by atoms with Crippen LogP contribution in [-0.4, -0.2) is 42.4 Å². The Kier molecular flexibility index (Phi) is 7.02. The van der Waals surface area contributed by atoms with Crippen LogP contribution in [-0.2, 0) is 9.53 Å². The van der Waals surface area contributed by atoms with Crippen LogP contribution in [0.5, 0.6) is 0 Å². The lowest BCUT2D eigenvalue weighted by Crippen LogP contribution is -2.32. The Morgan fingerprint density at radius 1 is 1.33 bits per heavy atom. The molecule has 0 N–H and O–H groups in total. The third-order valence-electron chi connectivity index (χ3n) is 2.26. The summed E-state index contributed by atoms with van der Waals surface area (Å²) in [6.45, 7) is 7.84. The minimum absolute atomic E-state index is 0.0417. The van der Waals surface area contributed by atoms with Crippen molar-refractivity contribution in [1.82, 2.24) is 4.90 Å². The zero-order chi connectivity index (χ0) is 11.9. The van der Waals surface area contributed by atoms with Crippen molar-refractivity contribution in [1.29, 1.82) is 0 Å². The average molecular weight is 233 g/mol. The van der Waals surface area contributed by atoms with E-state index in [1.165, 1.54) is 0 Å². The van der Waals surface area contributed by atoms with Crippen molar-refractivity contribution in [2.75, 3.05) is 20.2 Å². The van der Waals surface area contributed by atoms with E-state index in [1.54, 1.807) is 12.0 Å². The van der Waals surface area contributed by atoms with Crippen LogP contribution in [0.3, 0.4) is 0 Å². The maximum Gasteiger partial charge on any atom is 0.209 e. The summed E-state index contributed by atoms with van der Waals surface area (Å²) in [5.74, 6) is 0. The van der Waals surface area contributed by atoms with E-state index in [0.29, 0.717) is 5.25 Å². The molecule has 0 radical (unpaired) electrons. The highest BCUT2D eigenvalue weighted by atomic mass is 32.1. The molecule has 0 aromatic heterocycles. The molecule has 1 saturated heterocycles. The molecule has 1 heterocycles. The first-order chi connectivity index (χ1) is 6.89. The van der Waals surface area contributed by atoms with Crippen LogP contribution in [0.4, 0.5) is 0 Å². The lowest BCUT2D eigenvalue weighted by Gasteiger charge is -2.25. The Morgan fingerprint density at radius 3 is 2.00 bits per heavy atom. The summed E-state index contributed by atoms with van der Waals surface area (Å²) in [6, 6.07) is 0. The quantitative estimate of drug-likeness (QED) is 0.554. The van der Waals surface area contributed by atoms with Crippen molar-refractivity contribution < 1.29 is 9.53 Å². The van der Waals surface area contributed by atoms with Crippen LogP contribution in [0, 0.1) is 0 Å².